The van der Waals surface area contributed by atoms with E-state index in [9.17, 15) is 0 Å². The predicted octanol–water partition coefficient (Wildman–Crippen LogP) is 2.68. The molecular weight excluding hydrogens is 256 g/mol. The summed E-state index contributed by atoms with van der Waals surface area (Å²) in [6.07, 6.45) is 3.96. The maximum Gasteiger partial charge on any atom is 0.0540 e. The number of allylic oxidation sites excluding steroid dienone is 2. The fraction of sp³-hybridized carbons (Fsp3) is 0.0526. The number of aromatic nitrogens is 1. The van der Waals surface area contributed by atoms with Crippen LogP contribution in [-0.4, -0.2) is 4.57 Å². The van der Waals surface area contributed by atoms with Crippen molar-refractivity contribution in [3.63, 3.8) is 0 Å². The molecule has 3 rings (SSSR count). The highest BCUT2D eigenvalue weighted by molar-refractivity contribution is 5.84. The Bertz CT molecular complexity index is 911. The van der Waals surface area contributed by atoms with Gasteiger partial charge >= 0.3 is 0 Å². The molecule has 2 heteroatoms. The number of nitrogens with two attached hydrogens (primary N) is 1. The van der Waals surface area contributed by atoms with E-state index < -0.39 is 0 Å². The molecule has 0 spiro atoms. The first kappa shape index (κ1) is 13.3. The van der Waals surface area contributed by atoms with Crippen LogP contribution in [-0.2, 0) is 0 Å². The third-order valence-electron chi connectivity index (χ3n) is 3.54. The third-order valence-corrected chi connectivity index (χ3v) is 3.54. The molecule has 0 aliphatic carbocycles. The van der Waals surface area contributed by atoms with Crippen molar-refractivity contribution in [1.82, 2.24) is 4.57 Å². The highest BCUT2D eigenvalue weighted by atomic mass is 15.0. The minimum Gasteiger partial charge on any atom is -0.402 e. The van der Waals surface area contributed by atoms with Crippen LogP contribution < -0.4 is 16.3 Å². The molecule has 0 bridgehead atoms. The van der Waals surface area contributed by atoms with Crippen LogP contribution in [0.15, 0.2) is 66.4 Å². The average Bonchev–Trinajstić information content (AvgIpc) is 2.78. The van der Waals surface area contributed by atoms with Gasteiger partial charge in [-0.15, -0.1) is 0 Å². The van der Waals surface area contributed by atoms with E-state index in [1.165, 1.54) is 5.39 Å². The SMILES string of the molecule is C=c1/c(=C\C=C(/C)N)c2ccccc2n1-c1ccccc1. The van der Waals surface area contributed by atoms with E-state index in [1.807, 2.05) is 43.3 Å². The molecule has 1 heterocycles. The highest BCUT2D eigenvalue weighted by Gasteiger charge is 2.06. The van der Waals surface area contributed by atoms with Gasteiger partial charge in [0.25, 0.3) is 0 Å². The van der Waals surface area contributed by atoms with E-state index in [0.717, 1.165) is 27.5 Å². The van der Waals surface area contributed by atoms with Crippen molar-refractivity contribution in [2.24, 2.45) is 5.73 Å². The van der Waals surface area contributed by atoms with Gasteiger partial charge in [-0.1, -0.05) is 49.1 Å². The Hall–Kier alpha value is -2.74. The molecule has 2 aromatic carbocycles. The van der Waals surface area contributed by atoms with Crippen molar-refractivity contribution in [3.05, 3.63) is 76.9 Å². The second-order valence-corrected chi connectivity index (χ2v) is 5.13. The average molecular weight is 274 g/mol. The van der Waals surface area contributed by atoms with Crippen molar-refractivity contribution >= 4 is 23.6 Å². The minimum atomic E-state index is 0.783. The van der Waals surface area contributed by atoms with Crippen molar-refractivity contribution < 1.29 is 0 Å². The minimum absolute atomic E-state index is 0.783. The molecular formula is C19H18N2. The van der Waals surface area contributed by atoms with Gasteiger partial charge < -0.3 is 10.3 Å². The number of para-hydroxylation sites is 2. The molecule has 0 saturated carbocycles. The zero-order valence-corrected chi connectivity index (χ0v) is 12.1. The third kappa shape index (κ3) is 2.36. The predicted molar refractivity (Wildman–Crippen MR) is 90.5 cm³/mol. The zero-order chi connectivity index (χ0) is 14.8. The van der Waals surface area contributed by atoms with Crippen LogP contribution in [0.1, 0.15) is 6.92 Å². The summed E-state index contributed by atoms with van der Waals surface area (Å²) in [6, 6.07) is 18.6. The Labute approximate surface area is 124 Å². The molecule has 0 saturated heterocycles. The summed E-state index contributed by atoms with van der Waals surface area (Å²) in [6.45, 7) is 6.16. The fourth-order valence-corrected chi connectivity index (χ4v) is 2.59. The van der Waals surface area contributed by atoms with Crippen molar-refractivity contribution in [2.45, 2.75) is 6.92 Å². The van der Waals surface area contributed by atoms with E-state index >= 15 is 0 Å². The quantitative estimate of drug-likeness (QED) is 0.765. The summed E-state index contributed by atoms with van der Waals surface area (Å²) < 4.78 is 2.18. The lowest BCUT2D eigenvalue weighted by molar-refractivity contribution is 1.07. The molecule has 0 radical (unpaired) electrons. The lowest BCUT2D eigenvalue weighted by atomic mass is 10.2. The van der Waals surface area contributed by atoms with Gasteiger partial charge in [-0.3, -0.25) is 0 Å². The summed E-state index contributed by atoms with van der Waals surface area (Å²) in [7, 11) is 0. The van der Waals surface area contributed by atoms with Crippen molar-refractivity contribution in [1.29, 1.82) is 0 Å². The Morgan fingerprint density at radius 3 is 2.43 bits per heavy atom. The van der Waals surface area contributed by atoms with E-state index in [4.69, 9.17) is 5.73 Å². The van der Waals surface area contributed by atoms with Crippen LogP contribution in [0.2, 0.25) is 0 Å². The van der Waals surface area contributed by atoms with Crippen LogP contribution in [0.25, 0.3) is 29.2 Å². The van der Waals surface area contributed by atoms with Gasteiger partial charge in [0, 0.05) is 27.3 Å². The Balaban J connectivity index is 2.43. The first-order valence-corrected chi connectivity index (χ1v) is 6.96. The lowest BCUT2D eigenvalue weighted by Crippen LogP contribution is -2.26. The molecule has 0 fully saturated rings. The first-order chi connectivity index (χ1) is 10.2. The maximum atomic E-state index is 5.75. The molecule has 2 nitrogen and oxygen atoms in total. The normalized spacial score (nSPS) is 13.0. The van der Waals surface area contributed by atoms with E-state index in [2.05, 4.69) is 41.5 Å². The van der Waals surface area contributed by atoms with Crippen LogP contribution in [0.3, 0.4) is 0 Å². The smallest absolute Gasteiger partial charge is 0.0540 e. The molecule has 0 atom stereocenters. The molecule has 0 amide bonds. The van der Waals surface area contributed by atoms with Gasteiger partial charge in [-0.05, 0) is 31.2 Å². The van der Waals surface area contributed by atoms with Crippen LogP contribution >= 0.6 is 0 Å². The molecule has 21 heavy (non-hydrogen) atoms. The number of fused-ring (bicyclic) bond motifs is 1. The number of hydrogen-bond acceptors (Lipinski definition) is 1. The lowest BCUT2D eigenvalue weighted by Gasteiger charge is -2.05. The van der Waals surface area contributed by atoms with Crippen LogP contribution in [0.5, 0.6) is 0 Å². The Morgan fingerprint density at radius 1 is 1.05 bits per heavy atom. The Morgan fingerprint density at radius 2 is 1.71 bits per heavy atom. The van der Waals surface area contributed by atoms with Gasteiger partial charge in [0.1, 0.15) is 0 Å². The first-order valence-electron chi connectivity index (χ1n) is 6.96. The largest absolute Gasteiger partial charge is 0.402 e. The zero-order valence-electron chi connectivity index (χ0n) is 12.1. The summed E-state index contributed by atoms with van der Waals surface area (Å²) >= 11 is 0. The molecule has 2 N–H and O–H groups in total. The fourth-order valence-electron chi connectivity index (χ4n) is 2.59. The maximum absolute atomic E-state index is 5.75. The molecule has 1 aromatic heterocycles. The number of hydrogen-bond donors (Lipinski definition) is 1. The Kier molecular flexibility index (Phi) is 3.36. The second kappa shape index (κ2) is 5.33. The number of nitrogens with zero attached hydrogens (tertiary/aromatic N) is 1. The van der Waals surface area contributed by atoms with Gasteiger partial charge in [-0.2, -0.15) is 0 Å². The summed E-state index contributed by atoms with van der Waals surface area (Å²) in [4.78, 5) is 0. The number of benzene rings is 2. The van der Waals surface area contributed by atoms with Gasteiger partial charge in [0.15, 0.2) is 0 Å². The standard InChI is InChI=1S/C19H18N2/c1-14(20)12-13-17-15(2)21(16-8-4-3-5-9-16)19-11-7-6-10-18(17)19/h3-13H,2,20H2,1H3/b14-12+,17-13+. The van der Waals surface area contributed by atoms with Crippen molar-refractivity contribution in [3.8, 4) is 5.69 Å². The van der Waals surface area contributed by atoms with Gasteiger partial charge in [-0.25, -0.2) is 0 Å². The number of rotatable bonds is 2. The molecule has 0 aliphatic heterocycles. The monoisotopic (exact) mass is 274 g/mol. The topological polar surface area (TPSA) is 30.9 Å². The van der Waals surface area contributed by atoms with Crippen LogP contribution in [0, 0.1) is 0 Å². The molecule has 104 valence electrons. The summed E-state index contributed by atoms with van der Waals surface area (Å²) in [5, 5.41) is 3.27. The molecule has 0 unspecified atom stereocenters. The highest BCUT2D eigenvalue weighted by Crippen LogP contribution is 2.14. The van der Waals surface area contributed by atoms with Gasteiger partial charge in [0.2, 0.25) is 0 Å². The van der Waals surface area contributed by atoms with E-state index in [0.29, 0.717) is 0 Å². The van der Waals surface area contributed by atoms with Crippen LogP contribution in [0.4, 0.5) is 0 Å². The van der Waals surface area contributed by atoms with E-state index in [-0.39, 0.29) is 0 Å². The van der Waals surface area contributed by atoms with Gasteiger partial charge in [0.05, 0.1) is 5.52 Å². The molecule has 0 aliphatic rings. The second-order valence-electron chi connectivity index (χ2n) is 5.13. The van der Waals surface area contributed by atoms with E-state index in [1.54, 1.807) is 0 Å². The molecule has 3 aromatic rings. The summed E-state index contributed by atoms with van der Waals surface area (Å²) in [5.41, 5.74) is 8.81. The van der Waals surface area contributed by atoms with Crippen molar-refractivity contribution in [2.75, 3.05) is 0 Å². The summed E-state index contributed by atoms with van der Waals surface area (Å²) in [5.74, 6) is 0.